The van der Waals surface area contributed by atoms with E-state index in [4.69, 9.17) is 5.11 Å². The molecule has 8 heteroatoms. The molecule has 0 aliphatic carbocycles. The molecular weight excluding hydrogens is 312 g/mol. The Morgan fingerprint density at radius 3 is 2.75 bits per heavy atom. The molecule has 1 aromatic rings. The van der Waals surface area contributed by atoms with Crippen molar-refractivity contribution >= 4 is 5.91 Å². The number of carbonyl (C=O) groups is 1. The molecule has 3 N–H and O–H groups in total. The Balaban J connectivity index is 1.70. The van der Waals surface area contributed by atoms with E-state index < -0.39 is 11.2 Å². The molecule has 1 aromatic heterocycles. The number of aliphatic hydroxyl groups is 1. The highest BCUT2D eigenvalue weighted by atomic mass is 16.3. The zero-order chi connectivity index (χ0) is 17.2. The third kappa shape index (κ3) is 3.76. The number of nitrogens with one attached hydrogen (secondary N) is 2. The maximum Gasteiger partial charge on any atom is 0.325 e. The lowest BCUT2D eigenvalue weighted by molar-refractivity contribution is -0.140. The van der Waals surface area contributed by atoms with Gasteiger partial charge in [0, 0.05) is 49.8 Å². The van der Waals surface area contributed by atoms with Gasteiger partial charge in [0.1, 0.15) is 0 Å². The number of aromatic nitrogens is 2. The van der Waals surface area contributed by atoms with Crippen LogP contribution < -0.4 is 11.2 Å². The molecule has 1 amide bonds. The van der Waals surface area contributed by atoms with Crippen LogP contribution in [0.4, 0.5) is 0 Å². The minimum Gasteiger partial charge on any atom is -0.395 e. The Morgan fingerprint density at radius 2 is 2.00 bits per heavy atom. The predicted octanol–water partition coefficient (Wildman–Crippen LogP) is -0.740. The Hall–Kier alpha value is -1.93. The second kappa shape index (κ2) is 6.90. The summed E-state index contributed by atoms with van der Waals surface area (Å²) >= 11 is 0. The molecule has 0 aromatic carbocycles. The van der Waals surface area contributed by atoms with E-state index in [0.717, 1.165) is 32.4 Å². The second-order valence-electron chi connectivity index (χ2n) is 6.97. The summed E-state index contributed by atoms with van der Waals surface area (Å²) in [5.41, 5.74) is -0.220. The zero-order valence-electron chi connectivity index (χ0n) is 13.7. The molecule has 2 aliphatic heterocycles. The van der Waals surface area contributed by atoms with Gasteiger partial charge in [-0.1, -0.05) is 0 Å². The van der Waals surface area contributed by atoms with Gasteiger partial charge < -0.3 is 15.0 Å². The topological polar surface area (TPSA) is 110 Å². The summed E-state index contributed by atoms with van der Waals surface area (Å²) in [4.78, 5) is 43.7. The highest BCUT2D eigenvalue weighted by Gasteiger charge is 2.41. The third-order valence-corrected chi connectivity index (χ3v) is 5.07. The smallest absolute Gasteiger partial charge is 0.325 e. The minimum atomic E-state index is -0.485. The lowest BCUT2D eigenvalue weighted by Crippen LogP contribution is -2.54. The number of hydrogen-bond acceptors (Lipinski definition) is 5. The van der Waals surface area contributed by atoms with E-state index in [1.807, 2.05) is 0 Å². The molecule has 1 atom stereocenters. The lowest BCUT2D eigenvalue weighted by Gasteiger charge is -2.48. The number of rotatable bonds is 4. The van der Waals surface area contributed by atoms with Crippen LogP contribution in [0.25, 0.3) is 0 Å². The minimum absolute atomic E-state index is 0.0143. The van der Waals surface area contributed by atoms with Crippen LogP contribution in [0, 0.1) is 5.41 Å². The second-order valence-corrected chi connectivity index (χ2v) is 6.97. The molecule has 3 heterocycles. The average molecular weight is 336 g/mol. The van der Waals surface area contributed by atoms with Crippen molar-refractivity contribution in [2.75, 3.05) is 32.8 Å². The Bertz CT molecular complexity index is 684. The molecule has 0 saturated carbocycles. The fourth-order valence-electron chi connectivity index (χ4n) is 4.05. The number of hydrogen-bond donors (Lipinski definition) is 3. The molecule has 3 rings (SSSR count). The highest BCUT2D eigenvalue weighted by Crippen LogP contribution is 2.39. The van der Waals surface area contributed by atoms with Gasteiger partial charge in [-0.15, -0.1) is 0 Å². The van der Waals surface area contributed by atoms with Gasteiger partial charge in [-0.05, 0) is 25.8 Å². The summed E-state index contributed by atoms with van der Waals surface area (Å²) in [6, 6.07) is 1.42. The SMILES string of the molecule is O=C1CCC2(CCCN(Cc3cc(=O)[nH]c(=O)[nH]3)C2)CN1CCO. The summed E-state index contributed by atoms with van der Waals surface area (Å²) in [6.45, 7) is 3.31. The summed E-state index contributed by atoms with van der Waals surface area (Å²) in [7, 11) is 0. The van der Waals surface area contributed by atoms with Gasteiger partial charge >= 0.3 is 5.69 Å². The molecule has 2 fully saturated rings. The summed E-state index contributed by atoms with van der Waals surface area (Å²) < 4.78 is 0. The van der Waals surface area contributed by atoms with E-state index in [-0.39, 0.29) is 17.9 Å². The van der Waals surface area contributed by atoms with E-state index in [9.17, 15) is 14.4 Å². The number of β-amino-alcohol motifs (C(OH)–C–C–N with tert-alkyl or cyclic N) is 1. The van der Waals surface area contributed by atoms with Crippen LogP contribution in [-0.4, -0.2) is 63.6 Å². The van der Waals surface area contributed by atoms with Crippen molar-refractivity contribution in [3.05, 3.63) is 32.6 Å². The predicted molar refractivity (Wildman–Crippen MR) is 87.5 cm³/mol. The third-order valence-electron chi connectivity index (χ3n) is 5.07. The monoisotopic (exact) mass is 336 g/mol. The molecule has 24 heavy (non-hydrogen) atoms. The van der Waals surface area contributed by atoms with Crippen LogP contribution in [0.3, 0.4) is 0 Å². The van der Waals surface area contributed by atoms with E-state index in [1.54, 1.807) is 4.90 Å². The Kier molecular flexibility index (Phi) is 4.86. The van der Waals surface area contributed by atoms with E-state index in [0.29, 0.717) is 31.7 Å². The van der Waals surface area contributed by atoms with Crippen LogP contribution in [0.15, 0.2) is 15.7 Å². The van der Waals surface area contributed by atoms with Gasteiger partial charge in [-0.2, -0.15) is 0 Å². The number of aliphatic hydroxyl groups excluding tert-OH is 1. The van der Waals surface area contributed by atoms with Crippen molar-refractivity contribution in [3.63, 3.8) is 0 Å². The van der Waals surface area contributed by atoms with Crippen molar-refractivity contribution in [1.82, 2.24) is 19.8 Å². The lowest BCUT2D eigenvalue weighted by atomic mass is 9.73. The maximum atomic E-state index is 12.0. The molecule has 2 aliphatic rings. The van der Waals surface area contributed by atoms with Gasteiger partial charge in [-0.25, -0.2) is 4.79 Å². The molecular formula is C16H24N4O4. The maximum absolute atomic E-state index is 12.0. The van der Waals surface area contributed by atoms with Gasteiger partial charge in [0.15, 0.2) is 0 Å². The molecule has 132 valence electrons. The molecule has 8 nitrogen and oxygen atoms in total. The number of piperidine rings is 2. The van der Waals surface area contributed by atoms with Crippen LogP contribution in [0.1, 0.15) is 31.4 Å². The first-order chi connectivity index (χ1) is 11.5. The first kappa shape index (κ1) is 16.9. The fourth-order valence-corrected chi connectivity index (χ4v) is 4.05. The van der Waals surface area contributed by atoms with Crippen molar-refractivity contribution in [2.24, 2.45) is 5.41 Å². The molecule has 1 spiro atoms. The van der Waals surface area contributed by atoms with Crippen LogP contribution >= 0.6 is 0 Å². The first-order valence-corrected chi connectivity index (χ1v) is 8.43. The number of nitrogens with zero attached hydrogens (tertiary/aromatic N) is 2. The first-order valence-electron chi connectivity index (χ1n) is 8.43. The standard InChI is InChI=1S/C16H24N4O4/c21-7-6-20-11-16(4-2-14(20)23)3-1-5-19(10-16)9-12-8-13(22)18-15(24)17-12/h8,21H,1-7,9-11H2,(H2,17,18,22,24). The summed E-state index contributed by atoms with van der Waals surface area (Å²) in [6.07, 6.45) is 3.46. The Morgan fingerprint density at radius 1 is 1.17 bits per heavy atom. The van der Waals surface area contributed by atoms with E-state index >= 15 is 0 Å². The Labute approximate surface area is 139 Å². The van der Waals surface area contributed by atoms with Gasteiger partial charge in [0.25, 0.3) is 5.56 Å². The number of carbonyl (C=O) groups excluding carboxylic acids is 1. The van der Waals surface area contributed by atoms with E-state index in [2.05, 4.69) is 14.9 Å². The van der Waals surface area contributed by atoms with Crippen molar-refractivity contribution in [2.45, 2.75) is 32.2 Å². The van der Waals surface area contributed by atoms with Gasteiger partial charge in [0.05, 0.1) is 6.61 Å². The number of H-pyrrole nitrogens is 2. The molecule has 0 bridgehead atoms. The number of amides is 1. The molecule has 1 unspecified atom stereocenters. The van der Waals surface area contributed by atoms with E-state index in [1.165, 1.54) is 6.07 Å². The number of aromatic amines is 2. The quantitative estimate of drug-likeness (QED) is 0.671. The summed E-state index contributed by atoms with van der Waals surface area (Å²) in [5, 5.41) is 9.15. The van der Waals surface area contributed by atoms with Crippen molar-refractivity contribution in [3.8, 4) is 0 Å². The number of likely N-dealkylation sites (tertiary alicyclic amines) is 2. The van der Waals surface area contributed by atoms with Crippen LogP contribution in [-0.2, 0) is 11.3 Å². The van der Waals surface area contributed by atoms with Gasteiger partial charge in [0.2, 0.25) is 5.91 Å². The van der Waals surface area contributed by atoms with Crippen molar-refractivity contribution in [1.29, 1.82) is 0 Å². The largest absolute Gasteiger partial charge is 0.395 e. The van der Waals surface area contributed by atoms with Crippen molar-refractivity contribution < 1.29 is 9.90 Å². The summed E-state index contributed by atoms with van der Waals surface area (Å²) in [5.74, 6) is 0.116. The van der Waals surface area contributed by atoms with Crippen LogP contribution in [0.5, 0.6) is 0 Å². The molecule has 0 radical (unpaired) electrons. The fraction of sp³-hybridized carbons (Fsp3) is 0.688. The highest BCUT2D eigenvalue weighted by molar-refractivity contribution is 5.77. The average Bonchev–Trinajstić information content (AvgIpc) is 2.51. The van der Waals surface area contributed by atoms with Crippen LogP contribution in [0.2, 0.25) is 0 Å². The normalized spacial score (nSPS) is 25.4. The van der Waals surface area contributed by atoms with Gasteiger partial charge in [-0.3, -0.25) is 19.5 Å². The zero-order valence-corrected chi connectivity index (χ0v) is 13.7. The molecule has 2 saturated heterocycles.